The Balaban J connectivity index is 1.88. The van der Waals surface area contributed by atoms with Gasteiger partial charge in [-0.1, -0.05) is 32.1 Å². The van der Waals surface area contributed by atoms with Crippen molar-refractivity contribution in [2.24, 2.45) is 5.92 Å². The highest BCUT2D eigenvalue weighted by atomic mass is 79.9. The first-order valence-corrected chi connectivity index (χ1v) is 8.56. The molecule has 1 aliphatic rings. The summed E-state index contributed by atoms with van der Waals surface area (Å²) in [6.45, 7) is 1.04. The number of nitrogens with one attached hydrogen (secondary N) is 1. The van der Waals surface area contributed by atoms with Crippen molar-refractivity contribution >= 4 is 37.5 Å². The molecule has 1 N–H and O–H groups in total. The van der Waals surface area contributed by atoms with Crippen LogP contribution in [0.1, 0.15) is 38.5 Å². The van der Waals surface area contributed by atoms with Crippen molar-refractivity contribution in [1.29, 1.82) is 0 Å². The summed E-state index contributed by atoms with van der Waals surface area (Å²) in [6, 6.07) is 4.07. The molecule has 0 amide bonds. The van der Waals surface area contributed by atoms with E-state index in [0.29, 0.717) is 0 Å². The monoisotopic (exact) mass is 389 g/mol. The van der Waals surface area contributed by atoms with Crippen molar-refractivity contribution < 1.29 is 4.74 Å². The molecule has 2 nitrogen and oxygen atoms in total. The number of ether oxygens (including phenoxy) is 1. The number of hydrogen-bond donors (Lipinski definition) is 1. The molecule has 1 aromatic carbocycles. The lowest BCUT2D eigenvalue weighted by Gasteiger charge is -2.22. The average Bonchev–Trinajstić information content (AvgIpc) is 2.42. The predicted molar refractivity (Wildman–Crippen MR) is 88.1 cm³/mol. The highest BCUT2D eigenvalue weighted by molar-refractivity contribution is 9.11. The third-order valence-corrected chi connectivity index (χ3v) is 5.11. The van der Waals surface area contributed by atoms with Crippen molar-refractivity contribution in [3.63, 3.8) is 0 Å². The molecule has 0 radical (unpaired) electrons. The first kappa shape index (κ1) is 15.2. The van der Waals surface area contributed by atoms with Gasteiger partial charge in [-0.2, -0.15) is 0 Å². The molecule has 0 heterocycles. The fraction of sp³-hybridized carbons (Fsp3) is 0.600. The lowest BCUT2D eigenvalue weighted by molar-refractivity contribution is 0.345. The van der Waals surface area contributed by atoms with Crippen LogP contribution < -0.4 is 10.1 Å². The summed E-state index contributed by atoms with van der Waals surface area (Å²) in [4.78, 5) is 0. The normalized spacial score (nSPS) is 16.4. The molecule has 0 saturated heterocycles. The van der Waals surface area contributed by atoms with Crippen LogP contribution in [-0.4, -0.2) is 13.7 Å². The fourth-order valence-corrected chi connectivity index (χ4v) is 4.00. The SMILES string of the molecule is COc1cc(NCCC2CCCCC2)c(Br)cc1Br. The number of benzene rings is 1. The maximum absolute atomic E-state index is 5.33. The van der Waals surface area contributed by atoms with Gasteiger partial charge in [0.15, 0.2) is 0 Å². The van der Waals surface area contributed by atoms with Crippen LogP contribution in [0.5, 0.6) is 5.75 Å². The third-order valence-electron chi connectivity index (χ3n) is 3.83. The number of halogens is 2. The molecule has 1 aliphatic carbocycles. The first-order valence-electron chi connectivity index (χ1n) is 6.97. The minimum Gasteiger partial charge on any atom is -0.495 e. The lowest BCUT2D eigenvalue weighted by Crippen LogP contribution is -2.12. The van der Waals surface area contributed by atoms with E-state index in [1.165, 1.54) is 38.5 Å². The molecule has 2 rings (SSSR count). The Morgan fingerprint density at radius 1 is 1.16 bits per heavy atom. The molecule has 106 valence electrons. The molecule has 0 bridgehead atoms. The predicted octanol–water partition coefficient (Wildman–Crippen LogP) is 5.60. The summed E-state index contributed by atoms with van der Waals surface area (Å²) in [5.41, 5.74) is 1.11. The fourth-order valence-electron chi connectivity index (χ4n) is 2.71. The maximum Gasteiger partial charge on any atom is 0.135 e. The summed E-state index contributed by atoms with van der Waals surface area (Å²) in [5, 5.41) is 3.51. The van der Waals surface area contributed by atoms with Crippen LogP contribution in [0, 0.1) is 5.92 Å². The van der Waals surface area contributed by atoms with E-state index >= 15 is 0 Å². The van der Waals surface area contributed by atoms with Crippen molar-refractivity contribution in [3.8, 4) is 5.75 Å². The van der Waals surface area contributed by atoms with Crippen LogP contribution in [0.2, 0.25) is 0 Å². The molecule has 0 unspecified atom stereocenters. The molecule has 1 aromatic rings. The van der Waals surface area contributed by atoms with Gasteiger partial charge >= 0.3 is 0 Å². The molecule has 0 aromatic heterocycles. The van der Waals surface area contributed by atoms with Gasteiger partial charge in [-0.05, 0) is 50.3 Å². The highest BCUT2D eigenvalue weighted by Gasteiger charge is 2.13. The molecule has 0 atom stereocenters. The average molecular weight is 391 g/mol. The van der Waals surface area contributed by atoms with E-state index in [1.807, 2.05) is 12.1 Å². The van der Waals surface area contributed by atoms with E-state index in [0.717, 1.165) is 32.8 Å². The molecule has 0 aliphatic heterocycles. The topological polar surface area (TPSA) is 21.3 Å². The van der Waals surface area contributed by atoms with Crippen LogP contribution in [0.3, 0.4) is 0 Å². The standard InChI is InChI=1S/C15H21Br2NO/c1-19-15-10-14(12(16)9-13(15)17)18-8-7-11-5-3-2-4-6-11/h9-11,18H,2-8H2,1H3. The van der Waals surface area contributed by atoms with Crippen molar-refractivity contribution in [2.75, 3.05) is 19.0 Å². The van der Waals surface area contributed by atoms with E-state index in [1.54, 1.807) is 7.11 Å². The van der Waals surface area contributed by atoms with E-state index in [-0.39, 0.29) is 0 Å². The smallest absolute Gasteiger partial charge is 0.135 e. The number of methoxy groups -OCH3 is 1. The van der Waals surface area contributed by atoms with Gasteiger partial charge in [-0.25, -0.2) is 0 Å². The molecule has 19 heavy (non-hydrogen) atoms. The summed E-state index contributed by atoms with van der Waals surface area (Å²) >= 11 is 7.08. The van der Waals surface area contributed by atoms with E-state index in [9.17, 15) is 0 Å². The molecule has 1 fully saturated rings. The minimum absolute atomic E-state index is 0.864. The van der Waals surface area contributed by atoms with Crippen LogP contribution in [0.15, 0.2) is 21.1 Å². The Morgan fingerprint density at radius 2 is 1.89 bits per heavy atom. The van der Waals surface area contributed by atoms with Gasteiger partial charge in [0.2, 0.25) is 0 Å². The summed E-state index contributed by atoms with van der Waals surface area (Å²) in [5.74, 6) is 1.78. The number of anilines is 1. The zero-order chi connectivity index (χ0) is 13.7. The minimum atomic E-state index is 0.864. The van der Waals surface area contributed by atoms with E-state index < -0.39 is 0 Å². The van der Waals surface area contributed by atoms with Gasteiger partial charge in [0.05, 0.1) is 17.3 Å². The van der Waals surface area contributed by atoms with Crippen molar-refractivity contribution in [3.05, 3.63) is 21.1 Å². The second kappa shape index (κ2) is 7.53. The van der Waals surface area contributed by atoms with Crippen molar-refractivity contribution in [1.82, 2.24) is 0 Å². The largest absolute Gasteiger partial charge is 0.495 e. The van der Waals surface area contributed by atoms with E-state index in [2.05, 4.69) is 37.2 Å². The van der Waals surface area contributed by atoms with Gasteiger partial charge in [0, 0.05) is 17.1 Å². The highest BCUT2D eigenvalue weighted by Crippen LogP contribution is 2.34. The molecular weight excluding hydrogens is 370 g/mol. The zero-order valence-electron chi connectivity index (χ0n) is 11.3. The lowest BCUT2D eigenvalue weighted by atomic mass is 9.87. The molecular formula is C15H21Br2NO. The van der Waals surface area contributed by atoms with Gasteiger partial charge in [-0.3, -0.25) is 0 Å². The Bertz CT molecular complexity index is 417. The van der Waals surface area contributed by atoms with Crippen LogP contribution >= 0.6 is 31.9 Å². The van der Waals surface area contributed by atoms with Gasteiger partial charge in [0.1, 0.15) is 5.75 Å². The summed E-state index contributed by atoms with van der Waals surface area (Å²) < 4.78 is 7.37. The first-order chi connectivity index (χ1) is 9.20. The zero-order valence-corrected chi connectivity index (χ0v) is 14.5. The maximum atomic E-state index is 5.33. The molecule has 1 saturated carbocycles. The molecule has 0 spiro atoms. The second-order valence-corrected chi connectivity index (χ2v) is 6.89. The summed E-state index contributed by atoms with van der Waals surface area (Å²) in [7, 11) is 1.69. The number of hydrogen-bond acceptors (Lipinski definition) is 2. The van der Waals surface area contributed by atoms with Gasteiger partial charge in [-0.15, -0.1) is 0 Å². The second-order valence-electron chi connectivity index (χ2n) is 5.19. The van der Waals surface area contributed by atoms with Crippen LogP contribution in [-0.2, 0) is 0 Å². The Morgan fingerprint density at radius 3 is 2.58 bits per heavy atom. The summed E-state index contributed by atoms with van der Waals surface area (Å²) in [6.07, 6.45) is 8.35. The van der Waals surface area contributed by atoms with E-state index in [4.69, 9.17) is 4.74 Å². The van der Waals surface area contributed by atoms with Gasteiger partial charge in [0.25, 0.3) is 0 Å². The number of rotatable bonds is 5. The van der Waals surface area contributed by atoms with Crippen LogP contribution in [0.4, 0.5) is 5.69 Å². The Labute approximate surface area is 132 Å². The third kappa shape index (κ3) is 4.38. The quantitative estimate of drug-likeness (QED) is 0.706. The van der Waals surface area contributed by atoms with Crippen molar-refractivity contribution in [2.45, 2.75) is 38.5 Å². The molecule has 4 heteroatoms. The van der Waals surface area contributed by atoms with Gasteiger partial charge < -0.3 is 10.1 Å². The van der Waals surface area contributed by atoms with Crippen LogP contribution in [0.25, 0.3) is 0 Å². The Kier molecular flexibility index (Phi) is 6.02. The Hall–Kier alpha value is -0.220.